The van der Waals surface area contributed by atoms with E-state index in [4.69, 9.17) is 5.73 Å². The van der Waals surface area contributed by atoms with Gasteiger partial charge in [-0.15, -0.1) is 0 Å². The predicted octanol–water partition coefficient (Wildman–Crippen LogP) is 1.14. The predicted molar refractivity (Wildman–Crippen MR) is 76.2 cm³/mol. The molecule has 0 spiro atoms. The van der Waals surface area contributed by atoms with Crippen LogP contribution in [0, 0.1) is 0 Å². The van der Waals surface area contributed by atoms with Crippen molar-refractivity contribution in [1.29, 1.82) is 0 Å². The minimum atomic E-state index is -0.844. The second-order valence-electron chi connectivity index (χ2n) is 3.99. The fourth-order valence-electron chi connectivity index (χ4n) is 1.74. The van der Waals surface area contributed by atoms with E-state index in [0.29, 0.717) is 0 Å². The second-order valence-corrected chi connectivity index (χ2v) is 3.99. The van der Waals surface area contributed by atoms with Crippen molar-refractivity contribution in [3.05, 3.63) is 24.3 Å². The van der Waals surface area contributed by atoms with Gasteiger partial charge in [-0.3, -0.25) is 10.1 Å². The Morgan fingerprint density at radius 3 is 2.21 bits per heavy atom. The van der Waals surface area contributed by atoms with E-state index in [1.165, 1.54) is 0 Å². The third-order valence-corrected chi connectivity index (χ3v) is 2.71. The Morgan fingerprint density at radius 1 is 1.16 bits per heavy atom. The number of nitrogens with one attached hydrogen (secondary N) is 2. The number of nitrogens with two attached hydrogens (primary N) is 1. The molecule has 3 amide bonds. The molecule has 0 bridgehead atoms. The summed E-state index contributed by atoms with van der Waals surface area (Å²) in [4.78, 5) is 23.9. The van der Waals surface area contributed by atoms with Crippen molar-refractivity contribution in [2.24, 2.45) is 5.73 Å². The molecule has 6 heteroatoms. The molecule has 6 nitrogen and oxygen atoms in total. The summed E-state index contributed by atoms with van der Waals surface area (Å²) < 4.78 is 0. The minimum absolute atomic E-state index is 0.00750. The number of hydrogen-bond donors (Lipinski definition) is 3. The van der Waals surface area contributed by atoms with E-state index in [2.05, 4.69) is 24.1 Å². The van der Waals surface area contributed by atoms with Gasteiger partial charge >= 0.3 is 6.03 Å². The number of amides is 3. The van der Waals surface area contributed by atoms with E-state index >= 15 is 0 Å². The lowest BCUT2D eigenvalue weighted by Gasteiger charge is -2.21. The number of primary amides is 1. The number of urea groups is 1. The second kappa shape index (κ2) is 7.25. The molecular weight excluding hydrogens is 244 g/mol. The van der Waals surface area contributed by atoms with Crippen molar-refractivity contribution in [2.45, 2.75) is 13.8 Å². The Hall–Kier alpha value is -2.24. The zero-order valence-electron chi connectivity index (χ0n) is 11.3. The molecule has 1 aromatic carbocycles. The maximum atomic E-state index is 11.2. The van der Waals surface area contributed by atoms with Gasteiger partial charge in [0.15, 0.2) is 0 Å². The Balaban J connectivity index is 2.53. The summed E-state index contributed by atoms with van der Waals surface area (Å²) in [5.41, 5.74) is 6.79. The Kier molecular flexibility index (Phi) is 5.66. The Labute approximate surface area is 113 Å². The van der Waals surface area contributed by atoms with Crippen LogP contribution < -0.4 is 21.3 Å². The first-order chi connectivity index (χ1) is 9.06. The van der Waals surface area contributed by atoms with Crippen LogP contribution in [0.25, 0.3) is 0 Å². The molecule has 0 saturated carbocycles. The van der Waals surface area contributed by atoms with Crippen molar-refractivity contribution in [1.82, 2.24) is 5.32 Å². The van der Waals surface area contributed by atoms with E-state index in [1.807, 2.05) is 29.6 Å². The molecule has 1 aromatic rings. The third kappa shape index (κ3) is 4.87. The first-order valence-corrected chi connectivity index (χ1v) is 6.25. The van der Waals surface area contributed by atoms with Gasteiger partial charge in [-0.25, -0.2) is 4.79 Å². The molecule has 0 fully saturated rings. The number of carbonyl (C=O) groups is 2. The number of hydrogen-bond acceptors (Lipinski definition) is 4. The fourth-order valence-corrected chi connectivity index (χ4v) is 1.74. The first-order valence-electron chi connectivity index (χ1n) is 6.25. The zero-order chi connectivity index (χ0) is 14.3. The largest absolute Gasteiger partial charge is 0.376 e. The summed E-state index contributed by atoms with van der Waals surface area (Å²) in [5, 5.41) is 4.90. The van der Waals surface area contributed by atoms with Crippen molar-refractivity contribution in [2.75, 3.05) is 29.9 Å². The molecule has 104 valence electrons. The average Bonchev–Trinajstić information content (AvgIpc) is 2.38. The van der Waals surface area contributed by atoms with Gasteiger partial charge in [0, 0.05) is 24.5 Å². The molecule has 0 heterocycles. The summed E-state index contributed by atoms with van der Waals surface area (Å²) in [6.45, 7) is 6.11. The van der Waals surface area contributed by atoms with E-state index in [9.17, 15) is 9.59 Å². The van der Waals surface area contributed by atoms with Crippen molar-refractivity contribution >= 4 is 23.3 Å². The van der Waals surface area contributed by atoms with Crippen LogP contribution in [-0.4, -0.2) is 31.6 Å². The van der Waals surface area contributed by atoms with E-state index in [-0.39, 0.29) is 6.54 Å². The highest BCUT2D eigenvalue weighted by Gasteiger charge is 2.04. The van der Waals surface area contributed by atoms with Crippen LogP contribution in [0.15, 0.2) is 24.3 Å². The van der Waals surface area contributed by atoms with E-state index in [0.717, 1.165) is 24.5 Å². The zero-order valence-corrected chi connectivity index (χ0v) is 11.3. The lowest BCUT2D eigenvalue weighted by Crippen LogP contribution is -2.38. The van der Waals surface area contributed by atoms with E-state index < -0.39 is 11.9 Å². The Bertz CT molecular complexity index is 427. The van der Waals surface area contributed by atoms with Gasteiger partial charge in [0.05, 0.1) is 6.54 Å². The van der Waals surface area contributed by atoms with Crippen molar-refractivity contribution < 1.29 is 9.59 Å². The maximum Gasteiger partial charge on any atom is 0.318 e. The molecular formula is C13H20N4O2. The van der Waals surface area contributed by atoms with Gasteiger partial charge in [0.25, 0.3) is 0 Å². The molecule has 0 aliphatic heterocycles. The smallest absolute Gasteiger partial charge is 0.318 e. The van der Waals surface area contributed by atoms with Crippen molar-refractivity contribution in [3.8, 4) is 0 Å². The molecule has 0 radical (unpaired) electrons. The van der Waals surface area contributed by atoms with Crippen molar-refractivity contribution in [3.63, 3.8) is 0 Å². The Morgan fingerprint density at radius 2 is 1.74 bits per heavy atom. The fraction of sp³-hybridized carbons (Fsp3) is 0.385. The normalized spacial score (nSPS) is 9.79. The number of rotatable bonds is 6. The topological polar surface area (TPSA) is 87.5 Å². The van der Waals surface area contributed by atoms with Crippen LogP contribution in [0.2, 0.25) is 0 Å². The molecule has 4 N–H and O–H groups in total. The van der Waals surface area contributed by atoms with Crippen LogP contribution >= 0.6 is 0 Å². The number of nitrogens with zero attached hydrogens (tertiary/aromatic N) is 1. The van der Waals surface area contributed by atoms with Crippen LogP contribution in [0.5, 0.6) is 0 Å². The molecule has 0 aromatic heterocycles. The SMILES string of the molecule is CCN(CC)c1ccc(NCC(=O)NC(N)=O)cc1. The molecule has 19 heavy (non-hydrogen) atoms. The number of carbonyl (C=O) groups excluding carboxylic acids is 2. The average molecular weight is 264 g/mol. The van der Waals surface area contributed by atoms with Crippen LogP contribution in [0.4, 0.5) is 16.2 Å². The monoisotopic (exact) mass is 264 g/mol. The summed E-state index contributed by atoms with van der Waals surface area (Å²) in [5.74, 6) is -0.458. The quantitative estimate of drug-likeness (QED) is 0.719. The van der Waals surface area contributed by atoms with Gasteiger partial charge < -0.3 is 16.0 Å². The lowest BCUT2D eigenvalue weighted by molar-refractivity contribution is -0.118. The van der Waals surface area contributed by atoms with E-state index in [1.54, 1.807) is 0 Å². The lowest BCUT2D eigenvalue weighted by atomic mass is 10.2. The van der Waals surface area contributed by atoms with Crippen LogP contribution in [0.3, 0.4) is 0 Å². The van der Waals surface area contributed by atoms with Crippen LogP contribution in [-0.2, 0) is 4.79 Å². The summed E-state index contributed by atoms with van der Waals surface area (Å²) in [7, 11) is 0. The highest BCUT2D eigenvalue weighted by molar-refractivity contribution is 5.95. The van der Waals surface area contributed by atoms with Gasteiger partial charge in [0.1, 0.15) is 0 Å². The molecule has 0 aliphatic carbocycles. The summed E-state index contributed by atoms with van der Waals surface area (Å²) >= 11 is 0. The summed E-state index contributed by atoms with van der Waals surface area (Å²) in [6.07, 6.45) is 0. The van der Waals surface area contributed by atoms with Gasteiger partial charge in [-0.1, -0.05) is 0 Å². The molecule has 0 unspecified atom stereocenters. The first kappa shape index (κ1) is 14.8. The molecule has 1 rings (SSSR count). The standard InChI is InChI=1S/C13H20N4O2/c1-3-17(4-2)11-7-5-10(6-8-11)15-9-12(18)16-13(14)19/h5-8,15H,3-4,9H2,1-2H3,(H3,14,16,18,19). The number of imide groups is 1. The molecule has 0 saturated heterocycles. The highest BCUT2D eigenvalue weighted by Crippen LogP contribution is 2.17. The minimum Gasteiger partial charge on any atom is -0.376 e. The summed E-state index contributed by atoms with van der Waals surface area (Å²) in [6, 6.07) is 6.92. The molecule has 0 aliphatic rings. The molecule has 0 atom stereocenters. The number of anilines is 2. The highest BCUT2D eigenvalue weighted by atomic mass is 16.2. The van der Waals surface area contributed by atoms with Gasteiger partial charge in [-0.05, 0) is 38.1 Å². The van der Waals surface area contributed by atoms with Crippen LogP contribution in [0.1, 0.15) is 13.8 Å². The maximum absolute atomic E-state index is 11.2. The number of benzene rings is 1. The van der Waals surface area contributed by atoms with Gasteiger partial charge in [-0.2, -0.15) is 0 Å². The van der Waals surface area contributed by atoms with Gasteiger partial charge in [0.2, 0.25) is 5.91 Å². The third-order valence-electron chi connectivity index (χ3n) is 2.71.